The van der Waals surface area contributed by atoms with Gasteiger partial charge in [0.1, 0.15) is 35.2 Å². The summed E-state index contributed by atoms with van der Waals surface area (Å²) in [4.78, 5) is 60.0. The number of fused-ring (bicyclic) bond motifs is 1. The number of carbonyl (C=O) groups is 4. The lowest BCUT2D eigenvalue weighted by atomic mass is 9.85. The van der Waals surface area contributed by atoms with Crippen molar-refractivity contribution in [1.29, 1.82) is 0 Å². The number of hydrogen-bond donors (Lipinski definition) is 3. The molecule has 294 valence electrons. The van der Waals surface area contributed by atoms with Gasteiger partial charge in [0.25, 0.3) is 5.91 Å². The molecule has 0 bridgehead atoms. The highest BCUT2D eigenvalue weighted by Gasteiger charge is 2.62. The van der Waals surface area contributed by atoms with E-state index >= 15 is 0 Å². The minimum atomic E-state index is -5.30. The average molecular weight is 786 g/mol. The van der Waals surface area contributed by atoms with Crippen LogP contribution < -0.4 is 24.8 Å². The average Bonchev–Trinajstić information content (AvgIpc) is 4.06. The number of amides is 4. The third-order valence-electron chi connectivity index (χ3n) is 10.1. The number of hydrogen-bond acceptors (Lipinski definition) is 9. The van der Waals surface area contributed by atoms with E-state index in [1.807, 2.05) is 30.3 Å². The summed E-state index contributed by atoms with van der Waals surface area (Å²) in [5, 5.41) is 4.30. The molecule has 17 heteroatoms. The van der Waals surface area contributed by atoms with E-state index in [-0.39, 0.29) is 19.4 Å². The van der Waals surface area contributed by atoms with Gasteiger partial charge in [-0.15, -0.1) is 6.58 Å². The minimum Gasteiger partial charge on any atom is -0.497 e. The zero-order chi connectivity index (χ0) is 40.1. The SMILES string of the molecule is C=CC1CC1(NC(=O)C1CC(Oc2cc(-c3ccccc3)nc3cc(OC)ccc23)CN1C(=O)C(NC(=O)C(F)(F)F)C(C)(C)C)C(=O)NS(=O)(=O)C1CC1. The number of carbonyl (C=O) groups excluding carboxylic acids is 4. The minimum absolute atomic E-state index is 0.0237. The predicted octanol–water partition coefficient (Wildman–Crippen LogP) is 4.02. The third-order valence-corrected chi connectivity index (χ3v) is 11.9. The van der Waals surface area contributed by atoms with Gasteiger partial charge in [0.2, 0.25) is 21.8 Å². The molecule has 1 aliphatic heterocycles. The lowest BCUT2D eigenvalue weighted by molar-refractivity contribution is -0.176. The van der Waals surface area contributed by atoms with Crippen LogP contribution in [-0.4, -0.2) is 90.7 Å². The normalized spacial score (nSPS) is 23.0. The van der Waals surface area contributed by atoms with Crippen LogP contribution in [0.1, 0.15) is 46.5 Å². The van der Waals surface area contributed by atoms with Gasteiger partial charge in [0.05, 0.1) is 30.1 Å². The Kier molecular flexibility index (Phi) is 10.4. The summed E-state index contributed by atoms with van der Waals surface area (Å²) in [5.74, 6) is -4.94. The molecule has 4 amide bonds. The summed E-state index contributed by atoms with van der Waals surface area (Å²) in [5.41, 5.74) is -1.15. The fourth-order valence-electron chi connectivity index (χ4n) is 6.76. The van der Waals surface area contributed by atoms with Crippen LogP contribution in [0.15, 0.2) is 67.3 Å². The van der Waals surface area contributed by atoms with Gasteiger partial charge in [-0.2, -0.15) is 13.2 Å². The van der Waals surface area contributed by atoms with Crippen molar-refractivity contribution in [2.45, 2.75) is 81.6 Å². The van der Waals surface area contributed by atoms with Crippen molar-refractivity contribution in [2.24, 2.45) is 11.3 Å². The maximum Gasteiger partial charge on any atom is 0.471 e. The molecule has 2 saturated carbocycles. The predicted molar refractivity (Wildman–Crippen MR) is 195 cm³/mol. The molecule has 3 N–H and O–H groups in total. The number of methoxy groups -OCH3 is 1. The number of aromatic nitrogens is 1. The van der Waals surface area contributed by atoms with Gasteiger partial charge < -0.3 is 25.0 Å². The van der Waals surface area contributed by atoms with Crippen LogP contribution in [0.5, 0.6) is 11.5 Å². The molecule has 0 spiro atoms. The van der Waals surface area contributed by atoms with E-state index in [9.17, 15) is 40.8 Å². The zero-order valence-corrected chi connectivity index (χ0v) is 31.4. The second-order valence-electron chi connectivity index (χ2n) is 15.2. The Bertz CT molecular complexity index is 2140. The molecule has 3 aromatic rings. The van der Waals surface area contributed by atoms with E-state index in [0.29, 0.717) is 40.9 Å². The van der Waals surface area contributed by atoms with E-state index < -0.39 is 80.1 Å². The Morgan fingerprint density at radius 3 is 2.33 bits per heavy atom. The Balaban J connectivity index is 1.35. The Hall–Kier alpha value is -5.19. The van der Waals surface area contributed by atoms with Gasteiger partial charge in [-0.3, -0.25) is 23.9 Å². The van der Waals surface area contributed by atoms with Crippen LogP contribution in [-0.2, 0) is 29.2 Å². The molecule has 6 rings (SSSR count). The van der Waals surface area contributed by atoms with Crippen molar-refractivity contribution in [3.05, 3.63) is 67.3 Å². The van der Waals surface area contributed by atoms with Crippen LogP contribution in [0.3, 0.4) is 0 Å². The lowest BCUT2D eigenvalue weighted by Crippen LogP contribution is -2.61. The van der Waals surface area contributed by atoms with Gasteiger partial charge in [0, 0.05) is 35.4 Å². The fourth-order valence-corrected chi connectivity index (χ4v) is 8.12. The van der Waals surface area contributed by atoms with Crippen molar-refractivity contribution in [3.63, 3.8) is 0 Å². The molecule has 2 aliphatic carbocycles. The Morgan fingerprint density at radius 1 is 1.05 bits per heavy atom. The molecular formula is C38H42F3N5O8S. The molecule has 1 saturated heterocycles. The van der Waals surface area contributed by atoms with Crippen LogP contribution in [0.25, 0.3) is 22.2 Å². The first kappa shape index (κ1) is 39.5. The topological polar surface area (TPSA) is 173 Å². The summed E-state index contributed by atoms with van der Waals surface area (Å²) in [6.07, 6.45) is -4.20. The van der Waals surface area contributed by atoms with Crippen molar-refractivity contribution < 1.29 is 50.2 Å². The number of nitrogens with zero attached hydrogens (tertiary/aromatic N) is 2. The van der Waals surface area contributed by atoms with E-state index in [1.165, 1.54) is 34.0 Å². The highest BCUT2D eigenvalue weighted by Crippen LogP contribution is 2.46. The fraction of sp³-hybridized carbons (Fsp3) is 0.447. The van der Waals surface area contributed by atoms with Crippen molar-refractivity contribution in [3.8, 4) is 22.8 Å². The van der Waals surface area contributed by atoms with E-state index in [4.69, 9.17) is 14.5 Å². The van der Waals surface area contributed by atoms with Crippen LogP contribution in [0.4, 0.5) is 13.2 Å². The second kappa shape index (κ2) is 14.5. The summed E-state index contributed by atoms with van der Waals surface area (Å²) in [6.45, 7) is 7.80. The van der Waals surface area contributed by atoms with Crippen LogP contribution >= 0.6 is 0 Å². The smallest absolute Gasteiger partial charge is 0.471 e. The van der Waals surface area contributed by atoms with E-state index in [1.54, 1.807) is 29.6 Å². The molecule has 2 heterocycles. The molecule has 5 unspecified atom stereocenters. The molecular weight excluding hydrogens is 744 g/mol. The van der Waals surface area contributed by atoms with Gasteiger partial charge >= 0.3 is 12.1 Å². The number of sulfonamides is 1. The first-order chi connectivity index (χ1) is 25.8. The van der Waals surface area contributed by atoms with Crippen LogP contribution in [0.2, 0.25) is 0 Å². The maximum atomic E-state index is 14.3. The zero-order valence-electron chi connectivity index (χ0n) is 30.6. The molecule has 0 radical (unpaired) electrons. The van der Waals surface area contributed by atoms with Crippen LogP contribution in [0, 0.1) is 11.3 Å². The largest absolute Gasteiger partial charge is 0.497 e. The summed E-state index contributed by atoms with van der Waals surface area (Å²) < 4.78 is 79.7. The molecule has 3 aliphatic rings. The first-order valence-corrected chi connectivity index (χ1v) is 19.2. The van der Waals surface area contributed by atoms with Crippen molar-refractivity contribution in [1.82, 2.24) is 25.2 Å². The highest BCUT2D eigenvalue weighted by atomic mass is 32.2. The molecule has 3 fully saturated rings. The molecule has 55 heavy (non-hydrogen) atoms. The van der Waals surface area contributed by atoms with Crippen molar-refractivity contribution in [2.75, 3.05) is 13.7 Å². The first-order valence-electron chi connectivity index (χ1n) is 17.7. The highest BCUT2D eigenvalue weighted by molar-refractivity contribution is 7.91. The summed E-state index contributed by atoms with van der Waals surface area (Å²) >= 11 is 0. The Morgan fingerprint density at radius 2 is 1.75 bits per heavy atom. The van der Waals surface area contributed by atoms with Gasteiger partial charge in [-0.1, -0.05) is 57.2 Å². The number of ether oxygens (including phenoxy) is 2. The Labute approximate surface area is 316 Å². The third kappa shape index (κ3) is 8.26. The number of halogens is 3. The number of alkyl halides is 3. The number of rotatable bonds is 12. The summed E-state index contributed by atoms with van der Waals surface area (Å²) in [7, 11) is -2.49. The lowest BCUT2D eigenvalue weighted by Gasteiger charge is -2.35. The molecule has 13 nitrogen and oxygen atoms in total. The summed E-state index contributed by atoms with van der Waals surface area (Å²) in [6, 6.07) is 12.9. The van der Waals surface area contributed by atoms with Gasteiger partial charge in [-0.25, -0.2) is 13.4 Å². The van der Waals surface area contributed by atoms with Gasteiger partial charge in [0.15, 0.2) is 0 Å². The quantitative estimate of drug-likeness (QED) is 0.230. The number of likely N-dealkylation sites (tertiary alicyclic amines) is 1. The molecule has 2 aromatic carbocycles. The number of benzene rings is 2. The van der Waals surface area contributed by atoms with E-state index in [2.05, 4.69) is 16.6 Å². The monoisotopic (exact) mass is 785 g/mol. The maximum absolute atomic E-state index is 14.3. The standard InChI is InChI=1S/C38H42F3N5O8S/c1-6-22-19-37(22,34(49)45-55(51,52)25-13-14-25)44-32(47)29-17-24(20-46(29)33(48)31(36(2,3)4)43-35(50)38(39,40)41)54-30-18-27(21-10-8-7-9-11-21)42-28-16-23(53-5)12-15-26(28)30/h6-12,15-16,18,22,24-25,29,31H,1,13-14,17,19-20H2,2-5H3,(H,43,50)(H,44,47)(H,45,49). The van der Waals surface area contributed by atoms with E-state index in [0.717, 1.165) is 10.5 Å². The number of nitrogens with one attached hydrogen (secondary N) is 3. The second-order valence-corrected chi connectivity index (χ2v) is 17.2. The molecule has 1 aromatic heterocycles. The van der Waals surface area contributed by atoms with Gasteiger partial charge in [-0.05, 0) is 36.8 Å². The number of pyridine rings is 1. The van der Waals surface area contributed by atoms with Crippen molar-refractivity contribution >= 4 is 44.6 Å². The molecule has 5 atom stereocenters.